The lowest BCUT2D eigenvalue weighted by Crippen LogP contribution is -2.52. The Labute approximate surface area is 122 Å². The molecule has 0 spiro atoms. The normalized spacial score (nSPS) is 14.1. The third-order valence-corrected chi connectivity index (χ3v) is 11.8. The minimum atomic E-state index is -2.06. The molecule has 114 valence electrons. The highest BCUT2D eigenvalue weighted by atomic mass is 28.5. The van der Waals surface area contributed by atoms with Gasteiger partial charge in [0.25, 0.3) is 0 Å². The summed E-state index contributed by atoms with van der Waals surface area (Å²) >= 11 is 0. The fraction of sp³-hybridized carbons (Fsp3) is 0.846. The predicted molar refractivity (Wildman–Crippen MR) is 90.7 cm³/mol. The molecule has 6 heteroatoms. The highest BCUT2D eigenvalue weighted by molar-refractivity contribution is 6.87. The topological polar surface area (TPSA) is 27.7 Å². The summed E-state index contributed by atoms with van der Waals surface area (Å²) in [5.41, 5.74) is 0. The summed E-state index contributed by atoms with van der Waals surface area (Å²) in [6.45, 7) is 18.4. The van der Waals surface area contributed by atoms with E-state index in [1.165, 1.54) is 0 Å². The van der Waals surface area contributed by atoms with Crippen molar-refractivity contribution in [3.8, 4) is 0 Å². The Morgan fingerprint density at radius 3 is 1.68 bits per heavy atom. The average molecular weight is 321 g/mol. The van der Waals surface area contributed by atoms with Gasteiger partial charge in [-0.05, 0) is 65.2 Å². The largest absolute Gasteiger partial charge is 0.502 e. The van der Waals surface area contributed by atoms with Gasteiger partial charge in [0.05, 0.1) is 12.9 Å². The maximum absolute atomic E-state index is 6.42. The van der Waals surface area contributed by atoms with Crippen molar-refractivity contribution in [1.29, 1.82) is 0 Å². The lowest BCUT2D eigenvalue weighted by Gasteiger charge is -2.38. The molecule has 0 aromatic rings. The molecule has 0 saturated heterocycles. The fourth-order valence-electron chi connectivity index (χ4n) is 2.06. The van der Waals surface area contributed by atoms with E-state index in [-0.39, 0.29) is 0 Å². The molecule has 0 N–H and O–H groups in total. The van der Waals surface area contributed by atoms with Crippen LogP contribution >= 0.6 is 0 Å². The van der Waals surface area contributed by atoms with Gasteiger partial charge in [-0.3, -0.25) is 0 Å². The van der Waals surface area contributed by atoms with Crippen LogP contribution in [0, 0.1) is 0 Å². The number of hydrogen-bond donors (Lipinski definition) is 0. The van der Waals surface area contributed by atoms with E-state index in [2.05, 4.69) is 45.8 Å². The summed E-state index contributed by atoms with van der Waals surface area (Å²) in [6.07, 6.45) is 4.66. The number of hydrogen-bond acceptors (Lipinski definition) is 3. The molecule has 3 nitrogen and oxygen atoms in total. The second-order valence-corrected chi connectivity index (χ2v) is 19.9. The summed E-state index contributed by atoms with van der Waals surface area (Å²) in [5.74, 6) is 0. The molecule has 0 aliphatic heterocycles. The van der Waals surface area contributed by atoms with Crippen molar-refractivity contribution >= 4 is 25.2 Å². The molecule has 0 saturated carbocycles. The van der Waals surface area contributed by atoms with Crippen molar-refractivity contribution in [2.45, 2.75) is 65.2 Å². The van der Waals surface area contributed by atoms with Crippen LogP contribution in [0.5, 0.6) is 0 Å². The van der Waals surface area contributed by atoms with Crippen molar-refractivity contribution in [1.82, 2.24) is 0 Å². The molecule has 0 aliphatic carbocycles. The Balaban J connectivity index is 4.49. The number of allylic oxidation sites excluding steroid dienone is 1. The zero-order valence-corrected chi connectivity index (χ0v) is 17.0. The van der Waals surface area contributed by atoms with Gasteiger partial charge in [0.2, 0.25) is 0 Å². The fourth-order valence-corrected chi connectivity index (χ4v) is 14.6. The summed E-state index contributed by atoms with van der Waals surface area (Å²) in [4.78, 5) is 0. The zero-order chi connectivity index (χ0) is 15.2. The van der Waals surface area contributed by atoms with Crippen LogP contribution in [0.4, 0.5) is 0 Å². The van der Waals surface area contributed by atoms with E-state index in [0.717, 1.165) is 19.1 Å². The van der Waals surface area contributed by atoms with Crippen LogP contribution in [0.1, 0.15) is 13.3 Å². The molecule has 0 amide bonds. The van der Waals surface area contributed by atoms with Crippen LogP contribution in [0.3, 0.4) is 0 Å². The zero-order valence-electron chi connectivity index (χ0n) is 14.0. The molecule has 0 atom stereocenters. The lowest BCUT2D eigenvalue weighted by atomic mass is 10.5. The molecule has 0 fully saturated rings. The summed E-state index contributed by atoms with van der Waals surface area (Å²) in [5, 5.41) is 0. The Kier molecular flexibility index (Phi) is 7.82. The van der Waals surface area contributed by atoms with Crippen LogP contribution in [0.2, 0.25) is 51.9 Å². The van der Waals surface area contributed by atoms with Crippen LogP contribution in [-0.2, 0) is 13.0 Å². The van der Waals surface area contributed by atoms with E-state index >= 15 is 0 Å². The van der Waals surface area contributed by atoms with Crippen molar-refractivity contribution in [2.24, 2.45) is 0 Å². The van der Waals surface area contributed by atoms with Crippen LogP contribution in [-0.4, -0.2) is 31.8 Å². The summed E-state index contributed by atoms with van der Waals surface area (Å²) < 4.78 is 18.2. The number of rotatable bonds is 9. The van der Waals surface area contributed by atoms with E-state index in [1.54, 1.807) is 6.26 Å². The minimum absolute atomic E-state index is 0.747. The maximum atomic E-state index is 6.42. The first-order valence-electron chi connectivity index (χ1n) is 7.11. The third kappa shape index (κ3) is 11.6. The average Bonchev–Trinajstić information content (AvgIpc) is 2.10. The highest BCUT2D eigenvalue weighted by Crippen LogP contribution is 2.25. The van der Waals surface area contributed by atoms with E-state index in [4.69, 9.17) is 13.0 Å². The van der Waals surface area contributed by atoms with E-state index in [9.17, 15) is 0 Å². The van der Waals surface area contributed by atoms with Gasteiger partial charge in [-0.2, -0.15) is 0 Å². The van der Waals surface area contributed by atoms with Gasteiger partial charge < -0.3 is 13.0 Å². The quantitative estimate of drug-likeness (QED) is 0.350. The van der Waals surface area contributed by atoms with Crippen LogP contribution in [0.25, 0.3) is 0 Å². The van der Waals surface area contributed by atoms with Gasteiger partial charge in [-0.25, -0.2) is 0 Å². The van der Waals surface area contributed by atoms with E-state index in [0.29, 0.717) is 0 Å². The highest BCUT2D eigenvalue weighted by Gasteiger charge is 2.39. The molecule has 0 rings (SSSR count). The summed E-state index contributed by atoms with van der Waals surface area (Å²) in [6, 6.07) is 1.01. The molecular weight excluding hydrogens is 288 g/mol. The Morgan fingerprint density at radius 2 is 1.32 bits per heavy atom. The molecule has 0 aromatic heterocycles. The second-order valence-electron chi connectivity index (χ2n) is 7.01. The standard InChI is InChI=1S/C13H32O3Si3/c1-9-11-14-12-10-13-19(8,15-17(2,3)4)16-18(5,6)7/h9,11H,10,12-13H2,1-8H3. The molecule has 0 aromatic carbocycles. The predicted octanol–water partition coefficient (Wildman–Crippen LogP) is 4.70. The van der Waals surface area contributed by atoms with Gasteiger partial charge in [0.1, 0.15) is 0 Å². The molecule has 0 heterocycles. The van der Waals surface area contributed by atoms with Crippen LogP contribution < -0.4 is 0 Å². The van der Waals surface area contributed by atoms with Crippen LogP contribution in [0.15, 0.2) is 12.3 Å². The Morgan fingerprint density at radius 1 is 0.842 bits per heavy atom. The van der Waals surface area contributed by atoms with E-state index < -0.39 is 25.2 Å². The molecule has 0 aliphatic rings. The monoisotopic (exact) mass is 320 g/mol. The Hall–Kier alpha value is 0.111. The van der Waals surface area contributed by atoms with Gasteiger partial charge >= 0.3 is 8.56 Å². The lowest BCUT2D eigenvalue weighted by molar-refractivity contribution is 0.244. The van der Waals surface area contributed by atoms with Crippen molar-refractivity contribution < 1.29 is 13.0 Å². The molecular formula is C13H32O3Si3. The minimum Gasteiger partial charge on any atom is -0.502 e. The van der Waals surface area contributed by atoms with E-state index in [1.807, 2.05) is 13.0 Å². The SMILES string of the molecule is CC=COCCC[Si](C)(O[Si](C)(C)C)O[Si](C)(C)C. The van der Waals surface area contributed by atoms with Crippen molar-refractivity contribution in [2.75, 3.05) is 6.61 Å². The first-order chi connectivity index (χ1) is 8.47. The first-order valence-corrected chi connectivity index (χ1v) is 16.4. The molecule has 19 heavy (non-hydrogen) atoms. The third-order valence-electron chi connectivity index (χ3n) is 2.17. The van der Waals surface area contributed by atoms with Crippen molar-refractivity contribution in [3.05, 3.63) is 12.3 Å². The van der Waals surface area contributed by atoms with Gasteiger partial charge in [0.15, 0.2) is 16.6 Å². The molecule has 0 bridgehead atoms. The maximum Gasteiger partial charge on any atom is 0.314 e. The first kappa shape index (κ1) is 19.1. The van der Waals surface area contributed by atoms with Gasteiger partial charge in [-0.15, -0.1) is 0 Å². The number of ether oxygens (including phenoxy) is 1. The second kappa shape index (κ2) is 7.78. The summed E-state index contributed by atoms with van der Waals surface area (Å²) in [7, 11) is -5.19. The Bertz CT molecular complexity index is 264. The van der Waals surface area contributed by atoms with Crippen molar-refractivity contribution in [3.63, 3.8) is 0 Å². The van der Waals surface area contributed by atoms with Gasteiger partial charge in [-0.1, -0.05) is 6.08 Å². The molecule has 0 unspecified atom stereocenters. The van der Waals surface area contributed by atoms with Gasteiger partial charge in [0, 0.05) is 0 Å². The molecule has 0 radical (unpaired) electrons. The smallest absolute Gasteiger partial charge is 0.314 e.